The van der Waals surface area contributed by atoms with E-state index in [0.717, 1.165) is 5.56 Å². The summed E-state index contributed by atoms with van der Waals surface area (Å²) in [5, 5.41) is 14.8. The van der Waals surface area contributed by atoms with Crippen LogP contribution in [0.2, 0.25) is 0 Å². The van der Waals surface area contributed by atoms with E-state index in [1.165, 1.54) is 16.2 Å². The summed E-state index contributed by atoms with van der Waals surface area (Å²) in [4.78, 5) is 27.9. The highest BCUT2D eigenvalue weighted by atomic mass is 16.6. The number of hydrogen-bond donors (Lipinski definition) is 1. The summed E-state index contributed by atoms with van der Waals surface area (Å²) < 4.78 is 1.19. The smallest absolute Gasteiger partial charge is 0.357 e. The standard InChI is InChI=1S/C21H24N4O3/c1-13(2)15-8-10-16(11-9-15)18(14(3)4)23-20-19(25(27)28)21(26)24-12-6-5-7-17(24)22-20/h5-14,18,23H,1-4H3/t18-/m1/s1. The number of rotatable bonds is 6. The van der Waals surface area contributed by atoms with Crippen LogP contribution in [0.5, 0.6) is 0 Å². The zero-order valence-corrected chi connectivity index (χ0v) is 16.4. The van der Waals surface area contributed by atoms with Crippen molar-refractivity contribution >= 4 is 17.2 Å². The highest BCUT2D eigenvalue weighted by molar-refractivity contribution is 5.60. The van der Waals surface area contributed by atoms with E-state index in [0.29, 0.717) is 11.6 Å². The number of aromatic nitrogens is 2. The predicted molar refractivity (Wildman–Crippen MR) is 110 cm³/mol. The minimum atomic E-state index is -0.698. The van der Waals surface area contributed by atoms with Crippen LogP contribution in [0, 0.1) is 16.0 Å². The second-order valence-electron chi connectivity index (χ2n) is 7.49. The van der Waals surface area contributed by atoms with Crippen LogP contribution in [0.4, 0.5) is 11.5 Å². The van der Waals surface area contributed by atoms with Gasteiger partial charge in [-0.25, -0.2) is 4.98 Å². The number of anilines is 1. The van der Waals surface area contributed by atoms with Gasteiger partial charge >= 0.3 is 11.2 Å². The molecular weight excluding hydrogens is 356 g/mol. The quantitative estimate of drug-likeness (QED) is 0.501. The molecule has 7 heteroatoms. The number of pyridine rings is 1. The highest BCUT2D eigenvalue weighted by Crippen LogP contribution is 2.30. The van der Waals surface area contributed by atoms with Crippen LogP contribution in [-0.2, 0) is 0 Å². The van der Waals surface area contributed by atoms with Gasteiger partial charge in [-0.15, -0.1) is 0 Å². The maximum absolute atomic E-state index is 12.6. The molecule has 7 nitrogen and oxygen atoms in total. The van der Waals surface area contributed by atoms with Gasteiger partial charge in [0, 0.05) is 6.20 Å². The Balaban J connectivity index is 2.08. The Morgan fingerprint density at radius 3 is 2.25 bits per heavy atom. The maximum atomic E-state index is 12.6. The SMILES string of the molecule is CC(C)c1ccc([C@H](Nc2nc3ccccn3c(=O)c2[N+](=O)[O-])C(C)C)cc1. The van der Waals surface area contributed by atoms with Crippen LogP contribution in [0.15, 0.2) is 53.5 Å². The molecular formula is C21H24N4O3. The largest absolute Gasteiger partial charge is 0.376 e. The van der Waals surface area contributed by atoms with Gasteiger partial charge < -0.3 is 5.32 Å². The van der Waals surface area contributed by atoms with Gasteiger partial charge in [-0.05, 0) is 35.1 Å². The van der Waals surface area contributed by atoms with Gasteiger partial charge in [0.15, 0.2) is 0 Å². The Morgan fingerprint density at radius 2 is 1.68 bits per heavy atom. The normalized spacial score (nSPS) is 12.5. The fourth-order valence-corrected chi connectivity index (χ4v) is 3.22. The van der Waals surface area contributed by atoms with Crippen molar-refractivity contribution < 1.29 is 4.92 Å². The van der Waals surface area contributed by atoms with Crippen LogP contribution in [0.3, 0.4) is 0 Å². The van der Waals surface area contributed by atoms with Crippen LogP contribution in [-0.4, -0.2) is 14.3 Å². The Hall–Kier alpha value is -3.22. The monoisotopic (exact) mass is 380 g/mol. The molecule has 0 fully saturated rings. The van der Waals surface area contributed by atoms with Crippen molar-refractivity contribution in [2.45, 2.75) is 39.7 Å². The number of nitrogens with zero attached hydrogens (tertiary/aromatic N) is 3. The molecule has 2 aromatic heterocycles. The lowest BCUT2D eigenvalue weighted by Crippen LogP contribution is -2.24. The van der Waals surface area contributed by atoms with Crippen molar-refractivity contribution in [3.8, 4) is 0 Å². The highest BCUT2D eigenvalue weighted by Gasteiger charge is 2.27. The van der Waals surface area contributed by atoms with Gasteiger partial charge in [0.25, 0.3) is 0 Å². The van der Waals surface area contributed by atoms with Crippen molar-refractivity contribution in [1.29, 1.82) is 0 Å². The molecule has 0 unspecified atom stereocenters. The molecule has 0 aliphatic rings. The molecule has 1 atom stereocenters. The van der Waals surface area contributed by atoms with E-state index < -0.39 is 16.2 Å². The molecule has 0 aliphatic carbocycles. The molecule has 3 rings (SSSR count). The Bertz CT molecular complexity index is 1060. The number of benzene rings is 1. The summed E-state index contributed by atoms with van der Waals surface area (Å²) in [6, 6.07) is 13.0. The van der Waals surface area contributed by atoms with Crippen LogP contribution in [0.25, 0.3) is 5.65 Å². The fraction of sp³-hybridized carbons (Fsp3) is 0.333. The first kappa shape index (κ1) is 19.5. The summed E-state index contributed by atoms with van der Waals surface area (Å²) >= 11 is 0. The maximum Gasteiger partial charge on any atom is 0.376 e. The average Bonchev–Trinajstić information content (AvgIpc) is 2.65. The summed E-state index contributed by atoms with van der Waals surface area (Å²) in [7, 11) is 0. The van der Waals surface area contributed by atoms with Crippen LogP contribution in [0.1, 0.15) is 50.8 Å². The lowest BCUT2D eigenvalue weighted by Gasteiger charge is -2.24. The van der Waals surface area contributed by atoms with Crippen molar-refractivity contribution in [2.75, 3.05) is 5.32 Å². The molecule has 0 amide bonds. The Kier molecular flexibility index (Phi) is 5.44. The Morgan fingerprint density at radius 1 is 1.04 bits per heavy atom. The molecule has 0 spiro atoms. The van der Waals surface area contributed by atoms with Gasteiger partial charge in [-0.3, -0.25) is 19.3 Å². The summed E-state index contributed by atoms with van der Waals surface area (Å²) in [6.07, 6.45) is 1.48. The van der Waals surface area contributed by atoms with Crippen LogP contribution >= 0.6 is 0 Å². The number of hydrogen-bond acceptors (Lipinski definition) is 5. The van der Waals surface area contributed by atoms with E-state index in [1.54, 1.807) is 18.2 Å². The molecule has 0 radical (unpaired) electrons. The summed E-state index contributed by atoms with van der Waals surface area (Å²) in [5.74, 6) is 0.538. The third-order valence-corrected chi connectivity index (χ3v) is 4.81. The summed E-state index contributed by atoms with van der Waals surface area (Å²) in [6.45, 7) is 8.30. The molecule has 1 aromatic carbocycles. The van der Waals surface area contributed by atoms with Gasteiger partial charge in [-0.1, -0.05) is 58.0 Å². The van der Waals surface area contributed by atoms with E-state index in [4.69, 9.17) is 0 Å². The Labute approximate surface area is 163 Å². The second kappa shape index (κ2) is 7.80. The van der Waals surface area contributed by atoms with E-state index >= 15 is 0 Å². The molecule has 0 saturated carbocycles. The van der Waals surface area contributed by atoms with Crippen molar-refractivity contribution in [2.24, 2.45) is 5.92 Å². The molecule has 0 aliphatic heterocycles. The van der Waals surface area contributed by atoms with Crippen molar-refractivity contribution in [1.82, 2.24) is 9.38 Å². The minimum absolute atomic E-state index is 0.00663. The van der Waals surface area contributed by atoms with E-state index in [1.807, 2.05) is 26.0 Å². The molecule has 0 bridgehead atoms. The van der Waals surface area contributed by atoms with Gasteiger partial charge in [0.1, 0.15) is 5.65 Å². The third kappa shape index (κ3) is 3.74. The first-order valence-electron chi connectivity index (χ1n) is 9.31. The average molecular weight is 380 g/mol. The molecule has 28 heavy (non-hydrogen) atoms. The second-order valence-corrected chi connectivity index (χ2v) is 7.49. The molecule has 2 heterocycles. The van der Waals surface area contributed by atoms with Gasteiger partial charge in [0.2, 0.25) is 5.82 Å². The predicted octanol–water partition coefficient (Wildman–Crippen LogP) is 4.54. The minimum Gasteiger partial charge on any atom is -0.357 e. The first-order valence-corrected chi connectivity index (χ1v) is 9.31. The zero-order valence-electron chi connectivity index (χ0n) is 16.4. The number of fused-ring (bicyclic) bond motifs is 1. The van der Waals surface area contributed by atoms with Crippen molar-refractivity contribution in [3.05, 3.63) is 80.3 Å². The third-order valence-electron chi connectivity index (χ3n) is 4.81. The van der Waals surface area contributed by atoms with E-state index in [9.17, 15) is 14.9 Å². The fourth-order valence-electron chi connectivity index (χ4n) is 3.22. The molecule has 3 aromatic rings. The van der Waals surface area contributed by atoms with E-state index in [2.05, 4.69) is 36.3 Å². The van der Waals surface area contributed by atoms with Crippen LogP contribution < -0.4 is 10.9 Å². The first-order chi connectivity index (χ1) is 13.3. The van der Waals surface area contributed by atoms with Gasteiger partial charge in [0.05, 0.1) is 11.0 Å². The van der Waals surface area contributed by atoms with E-state index in [-0.39, 0.29) is 17.8 Å². The lowest BCUT2D eigenvalue weighted by atomic mass is 9.93. The molecule has 1 N–H and O–H groups in total. The molecule has 146 valence electrons. The summed E-state index contributed by atoms with van der Waals surface area (Å²) in [5.41, 5.74) is 1.32. The number of nitrogens with one attached hydrogen (secondary N) is 1. The van der Waals surface area contributed by atoms with Crippen molar-refractivity contribution in [3.63, 3.8) is 0 Å². The number of nitro groups is 1. The zero-order chi connectivity index (χ0) is 20.4. The topological polar surface area (TPSA) is 89.5 Å². The van der Waals surface area contributed by atoms with Gasteiger partial charge in [-0.2, -0.15) is 0 Å². The lowest BCUT2D eigenvalue weighted by molar-refractivity contribution is -0.385. The molecule has 0 saturated heterocycles.